The predicted octanol–water partition coefficient (Wildman–Crippen LogP) is 21.4. The Balaban J connectivity index is 4.14. The van der Waals surface area contributed by atoms with Crippen LogP contribution in [-0.2, 0) is 28.6 Å². The van der Waals surface area contributed by atoms with Gasteiger partial charge in [-0.1, -0.05) is 271 Å². The molecule has 0 saturated heterocycles. The van der Waals surface area contributed by atoms with Crippen molar-refractivity contribution in [3.63, 3.8) is 0 Å². The van der Waals surface area contributed by atoms with Crippen LogP contribution < -0.4 is 0 Å². The number of carbonyl (C=O) groups excluding carboxylic acids is 3. The molecular formula is C69H116O6. The standard InChI is InChI=1S/C69H116O6/c1-4-7-10-13-16-18-20-22-24-26-28-29-30-31-32-33-34-35-36-37-38-39-41-42-44-46-48-50-53-56-59-62-68(71)74-65-66(64-73-67(70)61-58-55-52-15-12-9-6-3)75-69(72)63-60-57-54-51-49-47-45-43-40-27-25-23-21-19-17-14-11-8-5-2/h7,10,16-19,22-25,28-29,31-32,34-35,40,43,66H,4-6,8-9,11-15,20-21,26-27,30,33,36-39,41-42,44-65H2,1-3H3/b10-7-,18-16-,19-17-,24-22-,25-23-,29-28-,32-31-,35-34-,43-40-. The Morgan fingerprint density at radius 2 is 0.520 bits per heavy atom. The van der Waals surface area contributed by atoms with Crippen LogP contribution in [-0.4, -0.2) is 37.2 Å². The summed E-state index contributed by atoms with van der Waals surface area (Å²) in [6.45, 7) is 6.45. The van der Waals surface area contributed by atoms with Gasteiger partial charge in [-0.2, -0.15) is 0 Å². The van der Waals surface area contributed by atoms with Crippen molar-refractivity contribution in [1.82, 2.24) is 0 Å². The van der Waals surface area contributed by atoms with E-state index in [1.54, 1.807) is 0 Å². The Labute approximate surface area is 463 Å². The van der Waals surface area contributed by atoms with Crippen molar-refractivity contribution in [1.29, 1.82) is 0 Å². The second-order valence-electron chi connectivity index (χ2n) is 20.6. The summed E-state index contributed by atoms with van der Waals surface area (Å²) in [4.78, 5) is 38.0. The molecule has 0 fully saturated rings. The van der Waals surface area contributed by atoms with Crippen molar-refractivity contribution >= 4 is 17.9 Å². The van der Waals surface area contributed by atoms with Gasteiger partial charge in [0, 0.05) is 19.3 Å². The molecule has 0 radical (unpaired) electrons. The maximum absolute atomic E-state index is 12.8. The van der Waals surface area contributed by atoms with Gasteiger partial charge in [0.2, 0.25) is 0 Å². The van der Waals surface area contributed by atoms with E-state index in [0.29, 0.717) is 19.3 Å². The fourth-order valence-electron chi connectivity index (χ4n) is 8.57. The second kappa shape index (κ2) is 62.6. The third-order valence-electron chi connectivity index (χ3n) is 13.3. The summed E-state index contributed by atoms with van der Waals surface area (Å²) in [6.07, 6.45) is 85.4. The zero-order valence-electron chi connectivity index (χ0n) is 49.0. The third-order valence-corrected chi connectivity index (χ3v) is 13.3. The second-order valence-corrected chi connectivity index (χ2v) is 20.6. The predicted molar refractivity (Wildman–Crippen MR) is 325 cm³/mol. The summed E-state index contributed by atoms with van der Waals surface area (Å²) >= 11 is 0. The van der Waals surface area contributed by atoms with E-state index in [1.165, 1.54) is 128 Å². The van der Waals surface area contributed by atoms with E-state index >= 15 is 0 Å². The largest absolute Gasteiger partial charge is 0.462 e. The van der Waals surface area contributed by atoms with Crippen LogP contribution in [0, 0.1) is 0 Å². The van der Waals surface area contributed by atoms with Crippen LogP contribution in [0.5, 0.6) is 0 Å². The van der Waals surface area contributed by atoms with Gasteiger partial charge in [-0.15, -0.1) is 0 Å². The molecule has 0 aromatic heterocycles. The van der Waals surface area contributed by atoms with Crippen LogP contribution in [0.2, 0.25) is 0 Å². The first-order chi connectivity index (χ1) is 37.0. The molecule has 1 unspecified atom stereocenters. The molecule has 428 valence electrons. The van der Waals surface area contributed by atoms with Gasteiger partial charge in [0.15, 0.2) is 6.10 Å². The van der Waals surface area contributed by atoms with Crippen LogP contribution >= 0.6 is 0 Å². The first-order valence-corrected chi connectivity index (χ1v) is 31.4. The number of rotatable bonds is 56. The quantitative estimate of drug-likeness (QED) is 0.0261. The molecule has 0 spiro atoms. The lowest BCUT2D eigenvalue weighted by molar-refractivity contribution is -0.167. The van der Waals surface area contributed by atoms with Crippen molar-refractivity contribution in [2.75, 3.05) is 13.2 Å². The van der Waals surface area contributed by atoms with Gasteiger partial charge in [-0.3, -0.25) is 14.4 Å². The molecule has 0 aliphatic carbocycles. The highest BCUT2D eigenvalue weighted by Crippen LogP contribution is 2.16. The van der Waals surface area contributed by atoms with Crippen molar-refractivity contribution in [3.8, 4) is 0 Å². The number of carbonyl (C=O) groups is 3. The molecule has 0 aromatic carbocycles. The Kier molecular flexibility index (Phi) is 59.3. The topological polar surface area (TPSA) is 78.9 Å². The molecule has 75 heavy (non-hydrogen) atoms. The Bertz CT molecular complexity index is 1520. The number of ether oxygens (including phenoxy) is 3. The molecular weight excluding hydrogens is 925 g/mol. The number of hydrogen-bond donors (Lipinski definition) is 0. The summed E-state index contributed by atoms with van der Waals surface area (Å²) in [6, 6.07) is 0. The average Bonchev–Trinajstić information content (AvgIpc) is 3.41. The lowest BCUT2D eigenvalue weighted by Gasteiger charge is -2.18. The van der Waals surface area contributed by atoms with E-state index in [-0.39, 0.29) is 31.1 Å². The number of hydrogen-bond acceptors (Lipinski definition) is 6. The van der Waals surface area contributed by atoms with Crippen LogP contribution in [0.15, 0.2) is 109 Å². The van der Waals surface area contributed by atoms with Crippen LogP contribution in [0.1, 0.15) is 290 Å². The van der Waals surface area contributed by atoms with E-state index in [4.69, 9.17) is 14.2 Å². The van der Waals surface area contributed by atoms with E-state index in [1.807, 2.05) is 0 Å². The van der Waals surface area contributed by atoms with Gasteiger partial charge in [-0.05, 0) is 109 Å². The minimum absolute atomic E-state index is 0.0826. The third kappa shape index (κ3) is 60.8. The number of allylic oxidation sites excluding steroid dienone is 18. The highest BCUT2D eigenvalue weighted by molar-refractivity contribution is 5.71. The van der Waals surface area contributed by atoms with Crippen LogP contribution in [0.25, 0.3) is 0 Å². The molecule has 1 atom stereocenters. The zero-order chi connectivity index (χ0) is 54.3. The minimum atomic E-state index is -0.784. The van der Waals surface area contributed by atoms with E-state index in [9.17, 15) is 14.4 Å². The average molecular weight is 1040 g/mol. The highest BCUT2D eigenvalue weighted by atomic mass is 16.6. The van der Waals surface area contributed by atoms with Crippen molar-refractivity contribution in [2.45, 2.75) is 297 Å². The molecule has 6 heteroatoms. The molecule has 0 aliphatic rings. The summed E-state index contributed by atoms with van der Waals surface area (Å²) in [5.74, 6) is -0.899. The fourth-order valence-corrected chi connectivity index (χ4v) is 8.57. The minimum Gasteiger partial charge on any atom is -0.462 e. The molecule has 0 aliphatic heterocycles. The first kappa shape index (κ1) is 71.1. The van der Waals surface area contributed by atoms with E-state index in [2.05, 4.69) is 130 Å². The van der Waals surface area contributed by atoms with Gasteiger partial charge in [0.05, 0.1) is 0 Å². The maximum Gasteiger partial charge on any atom is 0.306 e. The summed E-state index contributed by atoms with van der Waals surface area (Å²) in [5.41, 5.74) is 0. The Morgan fingerprint density at radius 1 is 0.280 bits per heavy atom. The monoisotopic (exact) mass is 1040 g/mol. The van der Waals surface area contributed by atoms with Crippen molar-refractivity contribution < 1.29 is 28.6 Å². The molecule has 0 bridgehead atoms. The van der Waals surface area contributed by atoms with Gasteiger partial charge in [0.1, 0.15) is 13.2 Å². The van der Waals surface area contributed by atoms with Gasteiger partial charge >= 0.3 is 17.9 Å². The van der Waals surface area contributed by atoms with Gasteiger partial charge in [0.25, 0.3) is 0 Å². The molecule has 0 N–H and O–H groups in total. The molecule has 0 heterocycles. The number of esters is 3. The summed E-state index contributed by atoms with van der Waals surface area (Å²) in [5, 5.41) is 0. The fraction of sp³-hybridized carbons (Fsp3) is 0.696. The first-order valence-electron chi connectivity index (χ1n) is 31.4. The van der Waals surface area contributed by atoms with E-state index in [0.717, 1.165) is 122 Å². The lowest BCUT2D eigenvalue weighted by atomic mass is 10.0. The zero-order valence-corrected chi connectivity index (χ0v) is 49.0. The molecule has 0 amide bonds. The molecule has 0 saturated carbocycles. The smallest absolute Gasteiger partial charge is 0.306 e. The molecule has 0 aromatic rings. The molecule has 0 rings (SSSR count). The van der Waals surface area contributed by atoms with Crippen LogP contribution in [0.4, 0.5) is 0 Å². The van der Waals surface area contributed by atoms with Gasteiger partial charge < -0.3 is 14.2 Å². The normalized spacial score (nSPS) is 12.8. The van der Waals surface area contributed by atoms with Crippen molar-refractivity contribution in [3.05, 3.63) is 109 Å². The van der Waals surface area contributed by atoms with E-state index < -0.39 is 6.10 Å². The number of unbranched alkanes of at least 4 members (excludes halogenated alkanes) is 27. The SMILES string of the molecule is CC/C=C\C/C=C\C/C=C\C/C=C\C/C=C\C/C=C\CCCCCCCCCCCCCCC(=O)OCC(COC(=O)CCCCCCCCC)OC(=O)CCCCCCCC/C=C\C/C=C\C/C=C\CCCCC. The van der Waals surface area contributed by atoms with Crippen LogP contribution in [0.3, 0.4) is 0 Å². The Hall–Kier alpha value is -3.93. The maximum atomic E-state index is 12.8. The highest BCUT2D eigenvalue weighted by Gasteiger charge is 2.19. The molecule has 6 nitrogen and oxygen atoms in total. The summed E-state index contributed by atoms with van der Waals surface area (Å²) in [7, 11) is 0. The lowest BCUT2D eigenvalue weighted by Crippen LogP contribution is -2.30. The summed E-state index contributed by atoms with van der Waals surface area (Å²) < 4.78 is 16.8. The van der Waals surface area contributed by atoms with Crippen molar-refractivity contribution in [2.24, 2.45) is 0 Å². The van der Waals surface area contributed by atoms with Gasteiger partial charge in [-0.25, -0.2) is 0 Å². The Morgan fingerprint density at radius 3 is 0.840 bits per heavy atom.